The number of fused-ring (bicyclic) bond motifs is 1. The van der Waals surface area contributed by atoms with Gasteiger partial charge in [-0.2, -0.15) is 0 Å². The Bertz CT molecular complexity index is 1080. The summed E-state index contributed by atoms with van der Waals surface area (Å²) in [6.07, 6.45) is 1.40. The topological polar surface area (TPSA) is 90.9 Å². The first kappa shape index (κ1) is 17.2. The van der Waals surface area contributed by atoms with Gasteiger partial charge >= 0.3 is 5.69 Å². The van der Waals surface area contributed by atoms with E-state index in [0.29, 0.717) is 5.69 Å². The molecular formula is C16H16BrN5O3. The predicted molar refractivity (Wildman–Crippen MR) is 97.7 cm³/mol. The Kier molecular flexibility index (Phi) is 4.34. The molecule has 0 saturated carbocycles. The fourth-order valence-corrected chi connectivity index (χ4v) is 2.83. The van der Waals surface area contributed by atoms with E-state index in [1.165, 1.54) is 29.6 Å². The summed E-state index contributed by atoms with van der Waals surface area (Å²) < 4.78 is 4.67. The second-order valence-corrected chi connectivity index (χ2v) is 6.62. The summed E-state index contributed by atoms with van der Waals surface area (Å²) in [5.41, 5.74) is 0.151. The van der Waals surface area contributed by atoms with Gasteiger partial charge in [0.25, 0.3) is 5.56 Å². The average molecular weight is 406 g/mol. The lowest BCUT2D eigenvalue weighted by Crippen LogP contribution is -2.38. The lowest BCUT2D eigenvalue weighted by Gasteiger charge is -2.15. The van der Waals surface area contributed by atoms with Crippen molar-refractivity contribution in [2.75, 3.05) is 5.32 Å². The molecule has 0 aliphatic heterocycles. The Labute approximate surface area is 150 Å². The van der Waals surface area contributed by atoms with Crippen molar-refractivity contribution in [1.82, 2.24) is 18.7 Å². The highest BCUT2D eigenvalue weighted by molar-refractivity contribution is 9.10. The molecule has 1 amide bonds. The summed E-state index contributed by atoms with van der Waals surface area (Å²) in [4.78, 5) is 41.1. The Hall–Kier alpha value is -2.68. The van der Waals surface area contributed by atoms with Crippen LogP contribution in [0.5, 0.6) is 0 Å². The second kappa shape index (κ2) is 6.32. The summed E-state index contributed by atoms with van der Waals surface area (Å²) >= 11 is 3.34. The molecule has 0 fully saturated rings. The van der Waals surface area contributed by atoms with E-state index >= 15 is 0 Å². The first-order chi connectivity index (χ1) is 11.8. The number of imidazole rings is 1. The number of nitrogens with zero attached hydrogens (tertiary/aromatic N) is 4. The first-order valence-electron chi connectivity index (χ1n) is 7.50. The number of hydrogen-bond donors (Lipinski definition) is 1. The van der Waals surface area contributed by atoms with Gasteiger partial charge in [0.05, 0.1) is 6.33 Å². The maximum absolute atomic E-state index is 12.5. The highest BCUT2D eigenvalue weighted by Crippen LogP contribution is 2.18. The van der Waals surface area contributed by atoms with Gasteiger partial charge in [0, 0.05) is 24.3 Å². The summed E-state index contributed by atoms with van der Waals surface area (Å²) in [7, 11) is 2.93. The largest absolute Gasteiger partial charge is 0.332 e. The van der Waals surface area contributed by atoms with E-state index in [0.717, 1.165) is 9.04 Å². The Morgan fingerprint density at radius 2 is 1.80 bits per heavy atom. The zero-order chi connectivity index (χ0) is 18.3. The molecule has 0 bridgehead atoms. The van der Waals surface area contributed by atoms with Crippen LogP contribution in [0.3, 0.4) is 0 Å². The minimum Gasteiger partial charge on any atom is -0.324 e. The summed E-state index contributed by atoms with van der Waals surface area (Å²) in [6.45, 7) is 1.67. The molecule has 1 atom stereocenters. The van der Waals surface area contributed by atoms with Gasteiger partial charge in [0.2, 0.25) is 5.91 Å². The van der Waals surface area contributed by atoms with Crippen LogP contribution < -0.4 is 16.6 Å². The molecule has 3 aromatic rings. The minimum atomic E-state index is -0.682. The van der Waals surface area contributed by atoms with Crippen LogP contribution >= 0.6 is 15.9 Å². The van der Waals surface area contributed by atoms with Crippen LogP contribution in [0.25, 0.3) is 11.2 Å². The summed E-state index contributed by atoms with van der Waals surface area (Å²) in [5, 5.41) is 2.80. The van der Waals surface area contributed by atoms with E-state index in [2.05, 4.69) is 26.2 Å². The Balaban J connectivity index is 2.01. The highest BCUT2D eigenvalue weighted by atomic mass is 79.9. The van der Waals surface area contributed by atoms with Gasteiger partial charge < -0.3 is 9.88 Å². The third kappa shape index (κ3) is 2.91. The molecule has 0 radical (unpaired) electrons. The van der Waals surface area contributed by atoms with Gasteiger partial charge in [-0.05, 0) is 31.2 Å². The average Bonchev–Trinajstić information content (AvgIpc) is 3.04. The maximum atomic E-state index is 12.5. The van der Waals surface area contributed by atoms with Crippen molar-refractivity contribution in [3.63, 3.8) is 0 Å². The van der Waals surface area contributed by atoms with Crippen molar-refractivity contribution in [2.24, 2.45) is 14.1 Å². The minimum absolute atomic E-state index is 0.211. The predicted octanol–water partition coefficient (Wildman–Crippen LogP) is 1.40. The van der Waals surface area contributed by atoms with E-state index in [1.807, 2.05) is 12.1 Å². The highest BCUT2D eigenvalue weighted by Gasteiger charge is 2.21. The smallest absolute Gasteiger partial charge is 0.324 e. The number of nitrogens with one attached hydrogen (secondary N) is 1. The van der Waals surface area contributed by atoms with Gasteiger partial charge in [-0.1, -0.05) is 15.9 Å². The quantitative estimate of drug-likeness (QED) is 0.712. The third-order valence-electron chi connectivity index (χ3n) is 4.08. The van der Waals surface area contributed by atoms with Crippen LogP contribution in [0, 0.1) is 0 Å². The molecule has 0 unspecified atom stereocenters. The molecule has 1 N–H and O–H groups in total. The lowest BCUT2D eigenvalue weighted by atomic mass is 10.2. The number of halogens is 1. The van der Waals surface area contributed by atoms with Crippen molar-refractivity contribution >= 4 is 38.7 Å². The van der Waals surface area contributed by atoms with E-state index in [1.54, 1.807) is 19.1 Å². The van der Waals surface area contributed by atoms with Crippen molar-refractivity contribution in [1.29, 1.82) is 0 Å². The van der Waals surface area contributed by atoms with E-state index in [9.17, 15) is 14.4 Å². The summed E-state index contributed by atoms with van der Waals surface area (Å²) in [5.74, 6) is -0.294. The molecule has 130 valence electrons. The standard InChI is InChI=1S/C16H16BrN5O3/c1-9(14(23)19-11-6-4-10(17)5-7-11)22-8-18-13-12(22)15(24)21(3)16(25)20(13)2/h4-9H,1-3H3,(H,19,23)/t9-/m0/s1. The van der Waals surface area contributed by atoms with Gasteiger partial charge in [-0.3, -0.25) is 18.7 Å². The summed E-state index contributed by atoms with van der Waals surface area (Å²) in [6, 6.07) is 6.49. The van der Waals surface area contributed by atoms with Gasteiger partial charge in [0.15, 0.2) is 11.2 Å². The zero-order valence-corrected chi connectivity index (χ0v) is 15.4. The van der Waals surface area contributed by atoms with Crippen molar-refractivity contribution in [2.45, 2.75) is 13.0 Å². The van der Waals surface area contributed by atoms with Crippen LogP contribution in [0.1, 0.15) is 13.0 Å². The SMILES string of the molecule is C[C@@H](C(=O)Nc1ccc(Br)cc1)n1cnc2c1c(=O)n(C)c(=O)n2C. The van der Waals surface area contributed by atoms with Gasteiger partial charge in [-0.25, -0.2) is 9.78 Å². The van der Waals surface area contributed by atoms with E-state index in [-0.39, 0.29) is 17.1 Å². The fourth-order valence-electron chi connectivity index (χ4n) is 2.56. The Morgan fingerprint density at radius 1 is 1.16 bits per heavy atom. The molecule has 25 heavy (non-hydrogen) atoms. The monoisotopic (exact) mass is 405 g/mol. The molecule has 0 spiro atoms. The second-order valence-electron chi connectivity index (χ2n) is 5.70. The third-order valence-corrected chi connectivity index (χ3v) is 4.61. The molecule has 8 nitrogen and oxygen atoms in total. The number of amides is 1. The number of anilines is 1. The molecule has 1 aromatic carbocycles. The van der Waals surface area contributed by atoms with E-state index in [4.69, 9.17) is 0 Å². The van der Waals surface area contributed by atoms with Crippen molar-refractivity contribution in [3.8, 4) is 0 Å². The molecule has 0 saturated heterocycles. The molecule has 2 heterocycles. The number of benzene rings is 1. The van der Waals surface area contributed by atoms with Crippen LogP contribution in [0.15, 0.2) is 44.7 Å². The number of carbonyl (C=O) groups excluding carboxylic acids is 1. The van der Waals surface area contributed by atoms with Crippen LogP contribution in [0.4, 0.5) is 5.69 Å². The zero-order valence-electron chi connectivity index (χ0n) is 13.9. The van der Waals surface area contributed by atoms with Crippen LogP contribution in [-0.2, 0) is 18.9 Å². The Morgan fingerprint density at radius 3 is 2.44 bits per heavy atom. The number of rotatable bonds is 3. The fraction of sp³-hybridized carbons (Fsp3) is 0.250. The lowest BCUT2D eigenvalue weighted by molar-refractivity contribution is -0.118. The van der Waals surface area contributed by atoms with Gasteiger partial charge in [0.1, 0.15) is 6.04 Å². The van der Waals surface area contributed by atoms with Gasteiger partial charge in [-0.15, -0.1) is 0 Å². The maximum Gasteiger partial charge on any atom is 0.332 e. The molecule has 3 rings (SSSR count). The molecular weight excluding hydrogens is 390 g/mol. The van der Waals surface area contributed by atoms with Crippen LogP contribution in [-0.4, -0.2) is 24.6 Å². The number of hydrogen-bond acceptors (Lipinski definition) is 4. The molecule has 9 heteroatoms. The molecule has 0 aliphatic carbocycles. The number of aryl methyl sites for hydroxylation is 1. The van der Waals surface area contributed by atoms with Crippen molar-refractivity contribution < 1.29 is 4.79 Å². The van der Waals surface area contributed by atoms with Crippen LogP contribution in [0.2, 0.25) is 0 Å². The first-order valence-corrected chi connectivity index (χ1v) is 8.29. The number of carbonyl (C=O) groups is 1. The van der Waals surface area contributed by atoms with E-state index < -0.39 is 17.3 Å². The van der Waals surface area contributed by atoms with Crippen molar-refractivity contribution in [3.05, 3.63) is 55.9 Å². The molecule has 0 aliphatic rings. The number of aromatic nitrogens is 4. The normalized spacial score (nSPS) is 12.3. The molecule has 2 aromatic heterocycles.